The minimum Gasteiger partial charge on any atom is -0.0862 e. The van der Waals surface area contributed by atoms with Crippen molar-refractivity contribution in [3.05, 3.63) is 44.3 Å². The summed E-state index contributed by atoms with van der Waals surface area (Å²) in [6, 6.07) is 4.94. The summed E-state index contributed by atoms with van der Waals surface area (Å²) in [5.74, 6) is 0. The number of nitrogens with zero attached hydrogens (tertiary/aromatic N) is 3. The van der Waals surface area contributed by atoms with Gasteiger partial charge in [-0.15, -0.1) is 0 Å². The van der Waals surface area contributed by atoms with Gasteiger partial charge in [-0.05, 0) is 23.2 Å². The first-order valence-corrected chi connectivity index (χ1v) is 4.40. The van der Waals surface area contributed by atoms with Gasteiger partial charge in [0.2, 0.25) is 0 Å². The van der Waals surface area contributed by atoms with Gasteiger partial charge in [0.1, 0.15) is 0 Å². The van der Waals surface area contributed by atoms with Gasteiger partial charge < -0.3 is 0 Å². The molecule has 0 saturated heterocycles. The van der Waals surface area contributed by atoms with Crippen LogP contribution in [0.5, 0.6) is 0 Å². The molecule has 0 N–H and O–H groups in total. The summed E-state index contributed by atoms with van der Waals surface area (Å²) in [4.78, 5) is 2.71. The average molecular weight is 216 g/mol. The third-order valence-corrected chi connectivity index (χ3v) is 2.39. The Morgan fingerprint density at radius 3 is 2.62 bits per heavy atom. The van der Waals surface area contributed by atoms with E-state index < -0.39 is 0 Å². The average Bonchev–Trinajstić information content (AvgIpc) is 2.10. The minimum atomic E-state index is -0.222. The van der Waals surface area contributed by atoms with Crippen LogP contribution in [0.1, 0.15) is 18.5 Å². The monoisotopic (exact) mass is 215 g/mol. The highest BCUT2D eigenvalue weighted by atomic mass is 35.5. The van der Waals surface area contributed by atoms with Crippen LogP contribution in [0.15, 0.2) is 23.3 Å². The van der Waals surface area contributed by atoms with Crippen molar-refractivity contribution in [2.75, 3.05) is 0 Å². The van der Waals surface area contributed by atoms with E-state index in [0.717, 1.165) is 5.56 Å². The van der Waals surface area contributed by atoms with E-state index in [4.69, 9.17) is 28.7 Å². The maximum absolute atomic E-state index is 8.22. The number of benzene rings is 1. The van der Waals surface area contributed by atoms with E-state index in [1.54, 1.807) is 25.1 Å². The maximum atomic E-state index is 8.22. The molecule has 13 heavy (non-hydrogen) atoms. The van der Waals surface area contributed by atoms with E-state index in [-0.39, 0.29) is 6.04 Å². The second kappa shape index (κ2) is 4.38. The molecule has 0 fully saturated rings. The standard InChI is InChI=1S/C8H7Cl2N3/c1-5(12-13-11)6-2-3-7(9)8(10)4-6/h2-5H,1H3. The molecule has 1 rings (SSSR count). The number of hydrogen-bond donors (Lipinski definition) is 0. The smallest absolute Gasteiger partial charge is 0.0597 e. The molecule has 0 saturated carbocycles. The van der Waals surface area contributed by atoms with E-state index in [0.29, 0.717) is 10.0 Å². The molecule has 5 heteroatoms. The molecule has 0 aliphatic carbocycles. The Morgan fingerprint density at radius 2 is 2.08 bits per heavy atom. The normalized spacial score (nSPS) is 11.9. The highest BCUT2D eigenvalue weighted by Gasteiger charge is 2.04. The molecule has 0 radical (unpaired) electrons. The predicted molar refractivity (Wildman–Crippen MR) is 54.0 cm³/mol. The largest absolute Gasteiger partial charge is 0.0862 e. The first-order chi connectivity index (χ1) is 6.15. The molecule has 1 aromatic rings. The number of hydrogen-bond acceptors (Lipinski definition) is 1. The lowest BCUT2D eigenvalue weighted by molar-refractivity contribution is 0.808. The second-order valence-corrected chi connectivity index (χ2v) is 3.37. The Morgan fingerprint density at radius 1 is 1.38 bits per heavy atom. The van der Waals surface area contributed by atoms with Crippen LogP contribution < -0.4 is 0 Å². The zero-order chi connectivity index (χ0) is 9.84. The number of halogens is 2. The third kappa shape index (κ3) is 2.52. The Labute approximate surface area is 85.9 Å². The van der Waals surface area contributed by atoms with Crippen molar-refractivity contribution < 1.29 is 0 Å². The lowest BCUT2D eigenvalue weighted by Gasteiger charge is -2.05. The Hall–Kier alpha value is -0.890. The van der Waals surface area contributed by atoms with Crippen LogP contribution in [-0.4, -0.2) is 0 Å². The summed E-state index contributed by atoms with van der Waals surface area (Å²) in [5.41, 5.74) is 9.08. The first-order valence-electron chi connectivity index (χ1n) is 3.64. The Kier molecular flexibility index (Phi) is 3.43. The summed E-state index contributed by atoms with van der Waals surface area (Å²) < 4.78 is 0. The fourth-order valence-corrected chi connectivity index (χ4v) is 1.22. The molecule has 0 heterocycles. The van der Waals surface area contributed by atoms with Gasteiger partial charge in [-0.2, -0.15) is 0 Å². The molecule has 68 valence electrons. The molecular formula is C8H7Cl2N3. The van der Waals surface area contributed by atoms with Gasteiger partial charge in [-0.3, -0.25) is 0 Å². The van der Waals surface area contributed by atoms with Crippen LogP contribution in [-0.2, 0) is 0 Å². The van der Waals surface area contributed by atoms with Gasteiger partial charge in [0.15, 0.2) is 0 Å². The molecule has 1 unspecified atom stereocenters. The number of azide groups is 1. The lowest BCUT2D eigenvalue weighted by Crippen LogP contribution is -1.87. The van der Waals surface area contributed by atoms with Gasteiger partial charge in [-0.1, -0.05) is 41.3 Å². The van der Waals surface area contributed by atoms with Crippen LogP contribution >= 0.6 is 23.2 Å². The van der Waals surface area contributed by atoms with Crippen molar-refractivity contribution in [3.8, 4) is 0 Å². The zero-order valence-electron chi connectivity index (χ0n) is 6.91. The first kappa shape index (κ1) is 10.2. The van der Waals surface area contributed by atoms with Crippen molar-refractivity contribution >= 4 is 23.2 Å². The van der Waals surface area contributed by atoms with E-state index in [2.05, 4.69) is 10.0 Å². The molecule has 0 amide bonds. The summed E-state index contributed by atoms with van der Waals surface area (Å²) in [5, 5.41) is 4.51. The SMILES string of the molecule is CC(N=[N+]=[N-])c1ccc(Cl)c(Cl)c1. The quantitative estimate of drug-likeness (QED) is 0.400. The van der Waals surface area contributed by atoms with Gasteiger partial charge in [0.25, 0.3) is 0 Å². The topological polar surface area (TPSA) is 48.8 Å². The zero-order valence-corrected chi connectivity index (χ0v) is 8.42. The van der Waals surface area contributed by atoms with Crippen molar-refractivity contribution in [1.29, 1.82) is 0 Å². The van der Waals surface area contributed by atoms with Crippen molar-refractivity contribution in [1.82, 2.24) is 0 Å². The Bertz CT molecular complexity index is 358. The van der Waals surface area contributed by atoms with E-state index in [9.17, 15) is 0 Å². The third-order valence-electron chi connectivity index (χ3n) is 1.65. The minimum absolute atomic E-state index is 0.222. The highest BCUT2D eigenvalue weighted by Crippen LogP contribution is 2.26. The fourth-order valence-electron chi connectivity index (χ4n) is 0.916. The van der Waals surface area contributed by atoms with Gasteiger partial charge >= 0.3 is 0 Å². The summed E-state index contributed by atoms with van der Waals surface area (Å²) in [6.45, 7) is 1.79. The van der Waals surface area contributed by atoms with E-state index >= 15 is 0 Å². The molecular weight excluding hydrogens is 209 g/mol. The van der Waals surface area contributed by atoms with Crippen LogP contribution in [0.2, 0.25) is 10.0 Å². The molecule has 0 bridgehead atoms. The van der Waals surface area contributed by atoms with Crippen LogP contribution in [0.25, 0.3) is 10.4 Å². The molecule has 1 aromatic carbocycles. The molecule has 1 atom stereocenters. The molecule has 0 aliphatic rings. The van der Waals surface area contributed by atoms with Crippen molar-refractivity contribution in [2.24, 2.45) is 5.11 Å². The van der Waals surface area contributed by atoms with E-state index in [1.807, 2.05) is 0 Å². The van der Waals surface area contributed by atoms with Gasteiger partial charge in [-0.25, -0.2) is 0 Å². The predicted octanol–water partition coefficient (Wildman–Crippen LogP) is 4.36. The molecule has 0 aliphatic heterocycles. The molecule has 0 spiro atoms. The highest BCUT2D eigenvalue weighted by molar-refractivity contribution is 6.42. The van der Waals surface area contributed by atoms with E-state index in [1.165, 1.54) is 0 Å². The summed E-state index contributed by atoms with van der Waals surface area (Å²) in [6.07, 6.45) is 0. The Balaban J connectivity index is 3.03. The summed E-state index contributed by atoms with van der Waals surface area (Å²) >= 11 is 11.5. The maximum Gasteiger partial charge on any atom is 0.0597 e. The number of rotatable bonds is 2. The fraction of sp³-hybridized carbons (Fsp3) is 0.250. The van der Waals surface area contributed by atoms with Crippen LogP contribution in [0, 0.1) is 0 Å². The van der Waals surface area contributed by atoms with Crippen LogP contribution in [0.4, 0.5) is 0 Å². The lowest BCUT2D eigenvalue weighted by atomic mass is 10.1. The van der Waals surface area contributed by atoms with Crippen LogP contribution in [0.3, 0.4) is 0 Å². The van der Waals surface area contributed by atoms with Gasteiger partial charge in [0, 0.05) is 4.91 Å². The van der Waals surface area contributed by atoms with Crippen molar-refractivity contribution in [2.45, 2.75) is 13.0 Å². The summed E-state index contributed by atoms with van der Waals surface area (Å²) in [7, 11) is 0. The molecule has 3 nitrogen and oxygen atoms in total. The second-order valence-electron chi connectivity index (χ2n) is 2.55. The molecule has 0 aromatic heterocycles. The van der Waals surface area contributed by atoms with Gasteiger partial charge in [0.05, 0.1) is 16.1 Å². The van der Waals surface area contributed by atoms with Crippen molar-refractivity contribution in [3.63, 3.8) is 0 Å².